The minimum atomic E-state index is -4.59. The highest BCUT2D eigenvalue weighted by Crippen LogP contribution is 2.39. The molecular formula is C29H24F6N2O2. The van der Waals surface area contributed by atoms with Crippen LogP contribution in [0.1, 0.15) is 41.5 Å². The molecular weight excluding hydrogens is 522 g/mol. The molecule has 10 heteroatoms. The van der Waals surface area contributed by atoms with Gasteiger partial charge in [0.2, 0.25) is 0 Å². The highest BCUT2D eigenvalue weighted by molar-refractivity contribution is 5.54. The van der Waals surface area contributed by atoms with Crippen LogP contribution in [0.4, 0.5) is 37.7 Å². The molecule has 0 aliphatic carbocycles. The number of hydrogen-bond acceptors (Lipinski definition) is 4. The first-order valence-corrected chi connectivity index (χ1v) is 11.8. The average molecular weight is 547 g/mol. The maximum atomic E-state index is 13.1. The topological polar surface area (TPSA) is 70.5 Å². The van der Waals surface area contributed by atoms with Crippen LogP contribution in [-0.2, 0) is 12.4 Å². The second-order valence-electron chi connectivity index (χ2n) is 8.80. The normalized spacial score (nSPS) is 12.0. The molecule has 4 aromatic rings. The lowest BCUT2D eigenvalue weighted by atomic mass is 9.89. The molecule has 4 N–H and O–H groups in total. The first-order valence-electron chi connectivity index (χ1n) is 11.8. The lowest BCUT2D eigenvalue weighted by Gasteiger charge is -2.18. The van der Waals surface area contributed by atoms with Gasteiger partial charge < -0.3 is 20.9 Å². The molecule has 0 fully saturated rings. The Kier molecular flexibility index (Phi) is 7.67. The monoisotopic (exact) mass is 546 g/mol. The molecule has 0 bridgehead atoms. The van der Waals surface area contributed by atoms with Crippen LogP contribution in [0.25, 0.3) is 0 Å². The Morgan fingerprint density at radius 1 is 0.564 bits per heavy atom. The predicted molar refractivity (Wildman–Crippen MR) is 137 cm³/mol. The van der Waals surface area contributed by atoms with Gasteiger partial charge >= 0.3 is 12.4 Å². The largest absolute Gasteiger partial charge is 0.457 e. The number of nitrogens with two attached hydrogens (primary N) is 2. The number of ether oxygens (including phenoxy) is 2. The number of rotatable bonds is 7. The van der Waals surface area contributed by atoms with Crippen LogP contribution in [-0.4, -0.2) is 0 Å². The summed E-state index contributed by atoms with van der Waals surface area (Å²) in [4.78, 5) is 0. The first-order chi connectivity index (χ1) is 18.3. The Morgan fingerprint density at radius 2 is 0.897 bits per heavy atom. The molecule has 0 aliphatic heterocycles. The molecule has 4 aromatic carbocycles. The standard InChI is InChI=1S/C29H24F6N2O2/c1-2-23(17-3-7-19(8-4-17)38-21-11-13-26(36)24(15-21)28(30,31)32)18-5-9-20(10-6-18)39-22-12-14-27(37)25(16-22)29(33,34)35/h3-16,23H,2,36-37H2,1H3. The van der Waals surface area contributed by atoms with Crippen LogP contribution >= 0.6 is 0 Å². The van der Waals surface area contributed by atoms with E-state index in [1.54, 1.807) is 24.3 Å². The van der Waals surface area contributed by atoms with Gasteiger partial charge in [-0.1, -0.05) is 31.2 Å². The Hall–Kier alpha value is -4.34. The lowest BCUT2D eigenvalue weighted by molar-refractivity contribution is -0.137. The summed E-state index contributed by atoms with van der Waals surface area (Å²) < 4.78 is 90.0. The van der Waals surface area contributed by atoms with Crippen LogP contribution in [0, 0.1) is 0 Å². The quantitative estimate of drug-likeness (QED) is 0.179. The smallest absolute Gasteiger partial charge is 0.418 e. The molecule has 0 heterocycles. The molecule has 39 heavy (non-hydrogen) atoms. The predicted octanol–water partition coefficient (Wildman–Crippen LogP) is 9.02. The Bertz CT molecular complexity index is 1320. The Balaban J connectivity index is 1.47. The van der Waals surface area contributed by atoms with E-state index in [0.717, 1.165) is 41.8 Å². The molecule has 0 radical (unpaired) electrons. The van der Waals surface area contributed by atoms with E-state index >= 15 is 0 Å². The molecule has 4 rings (SSSR count). The fraction of sp³-hybridized carbons (Fsp3) is 0.172. The molecule has 0 saturated heterocycles. The van der Waals surface area contributed by atoms with Gasteiger partial charge in [0.05, 0.1) is 11.1 Å². The maximum absolute atomic E-state index is 13.1. The van der Waals surface area contributed by atoms with Crippen molar-refractivity contribution in [1.82, 2.24) is 0 Å². The molecule has 0 spiro atoms. The van der Waals surface area contributed by atoms with Crippen molar-refractivity contribution >= 4 is 11.4 Å². The minimum absolute atomic E-state index is 0.00959. The minimum Gasteiger partial charge on any atom is -0.457 e. The zero-order chi connectivity index (χ0) is 28.4. The van der Waals surface area contributed by atoms with Gasteiger partial charge in [-0.25, -0.2) is 0 Å². The fourth-order valence-electron chi connectivity index (χ4n) is 4.16. The lowest BCUT2D eigenvalue weighted by Crippen LogP contribution is -2.08. The fourth-order valence-corrected chi connectivity index (χ4v) is 4.16. The highest BCUT2D eigenvalue weighted by Gasteiger charge is 2.34. The van der Waals surface area contributed by atoms with Crippen molar-refractivity contribution in [3.05, 3.63) is 107 Å². The van der Waals surface area contributed by atoms with Gasteiger partial charge in [-0.3, -0.25) is 0 Å². The molecule has 0 aromatic heterocycles. The summed E-state index contributed by atoms with van der Waals surface area (Å²) in [6.45, 7) is 2.00. The summed E-state index contributed by atoms with van der Waals surface area (Å²) in [5, 5.41) is 0. The molecule has 0 aliphatic rings. The number of alkyl halides is 6. The van der Waals surface area contributed by atoms with Crippen molar-refractivity contribution in [3.8, 4) is 23.0 Å². The van der Waals surface area contributed by atoms with E-state index in [1.807, 2.05) is 31.2 Å². The Morgan fingerprint density at radius 3 is 1.21 bits per heavy atom. The van der Waals surface area contributed by atoms with E-state index in [-0.39, 0.29) is 28.8 Å². The SMILES string of the molecule is CCC(c1ccc(Oc2ccc(N)c(C(F)(F)F)c2)cc1)c1ccc(Oc2ccc(N)c(C(F)(F)F)c2)cc1. The third-order valence-electron chi connectivity index (χ3n) is 6.10. The highest BCUT2D eigenvalue weighted by atomic mass is 19.4. The summed E-state index contributed by atoms with van der Waals surface area (Å²) in [5.41, 5.74) is 10.1. The van der Waals surface area contributed by atoms with Crippen molar-refractivity contribution in [1.29, 1.82) is 0 Å². The van der Waals surface area contributed by atoms with Crippen molar-refractivity contribution in [2.24, 2.45) is 0 Å². The van der Waals surface area contributed by atoms with Gasteiger partial charge in [-0.15, -0.1) is 0 Å². The van der Waals surface area contributed by atoms with E-state index in [4.69, 9.17) is 20.9 Å². The molecule has 204 valence electrons. The third-order valence-corrected chi connectivity index (χ3v) is 6.10. The molecule has 0 unspecified atom stereocenters. The zero-order valence-electron chi connectivity index (χ0n) is 20.6. The van der Waals surface area contributed by atoms with Crippen molar-refractivity contribution < 1.29 is 35.8 Å². The average Bonchev–Trinajstić information content (AvgIpc) is 2.87. The van der Waals surface area contributed by atoms with Crippen molar-refractivity contribution in [2.75, 3.05) is 11.5 Å². The molecule has 4 nitrogen and oxygen atoms in total. The summed E-state index contributed by atoms with van der Waals surface area (Å²) in [6, 6.07) is 20.7. The number of benzene rings is 4. The summed E-state index contributed by atoms with van der Waals surface area (Å²) in [6.07, 6.45) is -8.45. The molecule has 0 atom stereocenters. The second-order valence-corrected chi connectivity index (χ2v) is 8.80. The van der Waals surface area contributed by atoms with E-state index in [1.165, 1.54) is 12.1 Å². The molecule has 0 amide bonds. The van der Waals surface area contributed by atoms with Crippen molar-refractivity contribution in [2.45, 2.75) is 31.6 Å². The second kappa shape index (κ2) is 10.8. The van der Waals surface area contributed by atoms with Crippen molar-refractivity contribution in [3.63, 3.8) is 0 Å². The number of halogens is 6. The molecule has 0 saturated carbocycles. The van der Waals surface area contributed by atoms with E-state index < -0.39 is 23.5 Å². The third kappa shape index (κ3) is 6.57. The number of hydrogen-bond donors (Lipinski definition) is 2. The Labute approximate surface area is 220 Å². The summed E-state index contributed by atoms with van der Waals surface area (Å²) >= 11 is 0. The van der Waals surface area contributed by atoms with E-state index in [2.05, 4.69) is 0 Å². The van der Waals surface area contributed by atoms with Gasteiger partial charge in [0.15, 0.2) is 0 Å². The van der Waals surface area contributed by atoms with E-state index in [0.29, 0.717) is 11.5 Å². The van der Waals surface area contributed by atoms with Gasteiger partial charge in [-0.2, -0.15) is 26.3 Å². The summed E-state index contributed by atoms with van der Waals surface area (Å²) in [7, 11) is 0. The summed E-state index contributed by atoms with van der Waals surface area (Å²) in [5.74, 6) is 0.717. The van der Waals surface area contributed by atoms with Crippen LogP contribution in [0.3, 0.4) is 0 Å². The van der Waals surface area contributed by atoms with Crippen LogP contribution in [0.15, 0.2) is 84.9 Å². The van der Waals surface area contributed by atoms with Crippen LogP contribution in [0.5, 0.6) is 23.0 Å². The van der Waals surface area contributed by atoms with Gasteiger partial charge in [-0.05, 0) is 78.2 Å². The van der Waals surface area contributed by atoms with E-state index in [9.17, 15) is 26.3 Å². The van der Waals surface area contributed by atoms with Crippen LogP contribution in [0.2, 0.25) is 0 Å². The number of anilines is 2. The zero-order valence-corrected chi connectivity index (χ0v) is 20.6. The first kappa shape index (κ1) is 27.7. The van der Waals surface area contributed by atoms with Gasteiger partial charge in [0, 0.05) is 17.3 Å². The van der Waals surface area contributed by atoms with Crippen LogP contribution < -0.4 is 20.9 Å². The maximum Gasteiger partial charge on any atom is 0.418 e. The number of nitrogen functional groups attached to an aromatic ring is 2. The van der Waals surface area contributed by atoms with Gasteiger partial charge in [0.1, 0.15) is 23.0 Å². The van der Waals surface area contributed by atoms with Gasteiger partial charge in [0.25, 0.3) is 0 Å².